The van der Waals surface area contributed by atoms with Gasteiger partial charge in [0, 0.05) is 47.4 Å². The van der Waals surface area contributed by atoms with Gasteiger partial charge in [-0.05, 0) is 30.3 Å². The summed E-state index contributed by atoms with van der Waals surface area (Å²) in [4.78, 5) is 17.0. The molecule has 4 rings (SSSR count). The molecule has 1 aromatic heterocycles. The molecule has 2 N–H and O–H groups in total. The van der Waals surface area contributed by atoms with Crippen molar-refractivity contribution in [3.8, 4) is 11.6 Å². The molecule has 1 aliphatic rings. The van der Waals surface area contributed by atoms with Crippen molar-refractivity contribution in [1.82, 2.24) is 10.3 Å². The Hall–Kier alpha value is -3.12. The molecule has 3 aromatic rings. The third-order valence-electron chi connectivity index (χ3n) is 4.31. The highest BCUT2D eigenvalue weighted by molar-refractivity contribution is 6.06. The number of nitrogens with zero attached hydrogens (tertiary/aromatic N) is 1. The second-order valence-electron chi connectivity index (χ2n) is 6.06. The van der Waals surface area contributed by atoms with Crippen LogP contribution in [0.5, 0.6) is 11.6 Å². The molecule has 0 bridgehead atoms. The Bertz CT molecular complexity index is 972. The number of amides is 1. The zero-order chi connectivity index (χ0) is 17.9. The molecule has 0 saturated heterocycles. The maximum absolute atomic E-state index is 12.6. The maximum atomic E-state index is 12.6. The van der Waals surface area contributed by atoms with E-state index in [0.717, 1.165) is 35.3 Å². The van der Waals surface area contributed by atoms with Gasteiger partial charge in [-0.1, -0.05) is 6.07 Å². The van der Waals surface area contributed by atoms with Crippen molar-refractivity contribution in [2.24, 2.45) is 0 Å². The van der Waals surface area contributed by atoms with Gasteiger partial charge in [0.25, 0.3) is 5.91 Å². The molecule has 0 radical (unpaired) electrons. The van der Waals surface area contributed by atoms with Crippen LogP contribution >= 0.6 is 0 Å². The lowest BCUT2D eigenvalue weighted by Gasteiger charge is -2.11. The lowest BCUT2D eigenvalue weighted by molar-refractivity contribution is 0.102. The summed E-state index contributed by atoms with van der Waals surface area (Å²) >= 11 is 0. The predicted molar refractivity (Wildman–Crippen MR) is 99.9 cm³/mol. The minimum atomic E-state index is -0.172. The van der Waals surface area contributed by atoms with Gasteiger partial charge < -0.3 is 20.1 Å². The molecule has 0 unspecified atom stereocenters. The number of carbonyl (C=O) groups is 1. The lowest BCUT2D eigenvalue weighted by Crippen LogP contribution is -2.16. The molecule has 0 atom stereocenters. The molecule has 6 heteroatoms. The van der Waals surface area contributed by atoms with Crippen LogP contribution in [0.15, 0.2) is 48.5 Å². The van der Waals surface area contributed by atoms with E-state index in [9.17, 15) is 4.79 Å². The normalized spacial score (nSPS) is 13.4. The van der Waals surface area contributed by atoms with Crippen molar-refractivity contribution >= 4 is 22.5 Å². The molecular formula is C20H19N3O3. The number of methoxy groups -OCH3 is 1. The Morgan fingerprint density at radius 1 is 1.19 bits per heavy atom. The van der Waals surface area contributed by atoms with Gasteiger partial charge in [0.15, 0.2) is 0 Å². The number of carbonyl (C=O) groups excluding carboxylic acids is 1. The fraction of sp³-hybridized carbons (Fsp3) is 0.200. The third kappa shape index (κ3) is 3.32. The van der Waals surface area contributed by atoms with Crippen LogP contribution in [0.1, 0.15) is 15.9 Å². The Morgan fingerprint density at radius 2 is 2.12 bits per heavy atom. The SMILES string of the molecule is COc1ccc2cc(C(=O)Nc3ccc4c(c3)OCCNC4)ccc2n1. The average molecular weight is 349 g/mol. The lowest BCUT2D eigenvalue weighted by atomic mass is 10.1. The molecule has 0 saturated carbocycles. The van der Waals surface area contributed by atoms with Crippen LogP contribution in [0.4, 0.5) is 5.69 Å². The summed E-state index contributed by atoms with van der Waals surface area (Å²) < 4.78 is 10.8. The van der Waals surface area contributed by atoms with Crippen molar-refractivity contribution in [3.05, 3.63) is 59.7 Å². The highest BCUT2D eigenvalue weighted by atomic mass is 16.5. The number of hydrogen-bond acceptors (Lipinski definition) is 5. The van der Waals surface area contributed by atoms with Crippen LogP contribution in [-0.2, 0) is 6.54 Å². The molecule has 26 heavy (non-hydrogen) atoms. The molecule has 0 fully saturated rings. The molecule has 0 spiro atoms. The highest BCUT2D eigenvalue weighted by Crippen LogP contribution is 2.25. The third-order valence-corrected chi connectivity index (χ3v) is 4.31. The summed E-state index contributed by atoms with van der Waals surface area (Å²) in [5.74, 6) is 1.19. The van der Waals surface area contributed by atoms with Gasteiger partial charge in [0.05, 0.1) is 12.6 Å². The van der Waals surface area contributed by atoms with Gasteiger partial charge in [-0.2, -0.15) is 0 Å². The Balaban J connectivity index is 1.56. The number of ether oxygens (including phenoxy) is 2. The van der Waals surface area contributed by atoms with Gasteiger partial charge in [-0.3, -0.25) is 4.79 Å². The summed E-state index contributed by atoms with van der Waals surface area (Å²) in [6.07, 6.45) is 0. The smallest absolute Gasteiger partial charge is 0.255 e. The topological polar surface area (TPSA) is 72.5 Å². The molecule has 132 valence electrons. The van der Waals surface area contributed by atoms with Gasteiger partial charge in [0.1, 0.15) is 12.4 Å². The standard InChI is InChI=1S/C20H19N3O3/c1-25-19-7-4-13-10-14(3-6-17(13)23-19)20(24)22-16-5-2-15-12-21-8-9-26-18(15)11-16/h2-7,10-11,21H,8-9,12H2,1H3,(H,22,24). The first kappa shape index (κ1) is 16.4. The number of nitrogens with one attached hydrogen (secondary N) is 2. The van der Waals surface area contributed by atoms with E-state index in [0.29, 0.717) is 23.7 Å². The molecule has 2 aromatic carbocycles. The van der Waals surface area contributed by atoms with Crippen LogP contribution in [-0.4, -0.2) is 31.2 Å². The Kier molecular flexibility index (Phi) is 4.41. The number of rotatable bonds is 3. The van der Waals surface area contributed by atoms with Crippen molar-refractivity contribution < 1.29 is 14.3 Å². The largest absolute Gasteiger partial charge is 0.492 e. The minimum absolute atomic E-state index is 0.172. The van der Waals surface area contributed by atoms with Crippen LogP contribution in [0, 0.1) is 0 Å². The zero-order valence-corrected chi connectivity index (χ0v) is 14.4. The van der Waals surface area contributed by atoms with Gasteiger partial charge >= 0.3 is 0 Å². The fourth-order valence-electron chi connectivity index (χ4n) is 2.93. The van der Waals surface area contributed by atoms with E-state index in [1.807, 2.05) is 36.4 Å². The number of anilines is 1. The molecule has 0 aliphatic carbocycles. The van der Waals surface area contributed by atoms with Crippen molar-refractivity contribution in [2.75, 3.05) is 25.6 Å². The van der Waals surface area contributed by atoms with Crippen molar-refractivity contribution in [3.63, 3.8) is 0 Å². The van der Waals surface area contributed by atoms with Crippen LogP contribution in [0.25, 0.3) is 10.9 Å². The van der Waals surface area contributed by atoms with E-state index in [2.05, 4.69) is 15.6 Å². The summed E-state index contributed by atoms with van der Waals surface area (Å²) in [7, 11) is 1.58. The molecular weight excluding hydrogens is 330 g/mol. The van der Waals surface area contributed by atoms with Crippen molar-refractivity contribution in [2.45, 2.75) is 6.54 Å². The monoisotopic (exact) mass is 349 g/mol. The van der Waals surface area contributed by atoms with Crippen molar-refractivity contribution in [1.29, 1.82) is 0 Å². The minimum Gasteiger partial charge on any atom is -0.492 e. The molecule has 6 nitrogen and oxygen atoms in total. The van der Waals surface area contributed by atoms with E-state index in [1.54, 1.807) is 19.2 Å². The van der Waals surface area contributed by atoms with Gasteiger partial charge in [-0.25, -0.2) is 4.98 Å². The fourth-order valence-corrected chi connectivity index (χ4v) is 2.93. The summed E-state index contributed by atoms with van der Waals surface area (Å²) in [6, 6.07) is 14.8. The van der Waals surface area contributed by atoms with Crippen LogP contribution < -0.4 is 20.1 Å². The second-order valence-corrected chi connectivity index (χ2v) is 6.06. The van der Waals surface area contributed by atoms with Gasteiger partial charge in [-0.15, -0.1) is 0 Å². The van der Waals surface area contributed by atoms with Crippen LogP contribution in [0.3, 0.4) is 0 Å². The first-order valence-electron chi connectivity index (χ1n) is 8.45. The number of benzene rings is 2. The molecule has 1 amide bonds. The van der Waals surface area contributed by atoms with E-state index < -0.39 is 0 Å². The van der Waals surface area contributed by atoms with E-state index in [-0.39, 0.29) is 5.91 Å². The van der Waals surface area contributed by atoms with E-state index >= 15 is 0 Å². The van der Waals surface area contributed by atoms with E-state index in [1.165, 1.54) is 0 Å². The number of aromatic nitrogens is 1. The molecule has 1 aliphatic heterocycles. The quantitative estimate of drug-likeness (QED) is 0.761. The predicted octanol–water partition coefficient (Wildman–Crippen LogP) is 2.98. The first-order chi connectivity index (χ1) is 12.7. The number of pyridine rings is 1. The summed E-state index contributed by atoms with van der Waals surface area (Å²) in [6.45, 7) is 2.20. The summed E-state index contributed by atoms with van der Waals surface area (Å²) in [5, 5.41) is 7.10. The summed E-state index contributed by atoms with van der Waals surface area (Å²) in [5.41, 5.74) is 3.16. The first-order valence-corrected chi connectivity index (χ1v) is 8.45. The highest BCUT2D eigenvalue weighted by Gasteiger charge is 2.12. The Morgan fingerprint density at radius 3 is 3.00 bits per heavy atom. The van der Waals surface area contributed by atoms with Crippen LogP contribution in [0.2, 0.25) is 0 Å². The Labute approximate surface area is 151 Å². The maximum Gasteiger partial charge on any atom is 0.255 e. The zero-order valence-electron chi connectivity index (χ0n) is 14.4. The number of fused-ring (bicyclic) bond motifs is 2. The molecule has 2 heterocycles. The van der Waals surface area contributed by atoms with E-state index in [4.69, 9.17) is 9.47 Å². The number of hydrogen-bond donors (Lipinski definition) is 2. The second kappa shape index (κ2) is 7.01. The average Bonchev–Trinajstić information content (AvgIpc) is 2.92. The van der Waals surface area contributed by atoms with Gasteiger partial charge in [0.2, 0.25) is 5.88 Å².